The lowest BCUT2D eigenvalue weighted by Gasteiger charge is -2.10. The number of carbonyl (C=O) groups excluding carboxylic acids is 1. The van der Waals surface area contributed by atoms with Gasteiger partial charge in [-0.05, 0) is 61.0 Å². The third kappa shape index (κ3) is 5.85. The van der Waals surface area contributed by atoms with Crippen LogP contribution < -0.4 is 15.4 Å². The Morgan fingerprint density at radius 3 is 2.19 bits per heavy atom. The standard InChI is InChI=1S/C22H21FN2O2/c1-16-2-12-21(13-3-16)27-15-22(26)25-20-10-8-19(9-11-20)24-14-17-4-6-18(23)7-5-17/h2-13,24H,14-15H2,1H3,(H,25,26). The topological polar surface area (TPSA) is 50.4 Å². The Bertz CT molecular complexity index is 876. The second-order valence-corrected chi connectivity index (χ2v) is 6.21. The van der Waals surface area contributed by atoms with Crippen molar-refractivity contribution in [2.45, 2.75) is 13.5 Å². The number of rotatable bonds is 7. The minimum atomic E-state index is -0.245. The van der Waals surface area contributed by atoms with Gasteiger partial charge >= 0.3 is 0 Å². The second-order valence-electron chi connectivity index (χ2n) is 6.21. The van der Waals surface area contributed by atoms with Crippen LogP contribution in [-0.4, -0.2) is 12.5 Å². The molecule has 5 heteroatoms. The van der Waals surface area contributed by atoms with E-state index in [2.05, 4.69) is 10.6 Å². The molecule has 0 heterocycles. The zero-order valence-electron chi connectivity index (χ0n) is 15.0. The molecule has 0 spiro atoms. The molecule has 2 N–H and O–H groups in total. The number of amides is 1. The number of ether oxygens (including phenoxy) is 1. The van der Waals surface area contributed by atoms with Gasteiger partial charge in [0.25, 0.3) is 5.91 Å². The van der Waals surface area contributed by atoms with Crippen LogP contribution in [0.4, 0.5) is 15.8 Å². The predicted octanol–water partition coefficient (Wildman–Crippen LogP) is 4.76. The molecule has 0 radical (unpaired) electrons. The molecular weight excluding hydrogens is 343 g/mol. The Morgan fingerprint density at radius 2 is 1.52 bits per heavy atom. The van der Waals surface area contributed by atoms with Crippen LogP contribution >= 0.6 is 0 Å². The Hall–Kier alpha value is -3.34. The highest BCUT2D eigenvalue weighted by molar-refractivity contribution is 5.92. The maximum atomic E-state index is 12.9. The van der Waals surface area contributed by atoms with E-state index in [1.807, 2.05) is 55.5 Å². The van der Waals surface area contributed by atoms with Gasteiger partial charge < -0.3 is 15.4 Å². The number of hydrogen-bond donors (Lipinski definition) is 2. The number of carbonyl (C=O) groups is 1. The van der Waals surface area contributed by atoms with Gasteiger partial charge in [0.1, 0.15) is 11.6 Å². The van der Waals surface area contributed by atoms with Crippen molar-refractivity contribution in [2.24, 2.45) is 0 Å². The van der Waals surface area contributed by atoms with Gasteiger partial charge in [0.05, 0.1) is 0 Å². The average Bonchev–Trinajstić information content (AvgIpc) is 2.68. The molecule has 138 valence electrons. The molecule has 0 saturated carbocycles. The molecule has 0 atom stereocenters. The summed E-state index contributed by atoms with van der Waals surface area (Å²) in [5.74, 6) is 0.198. The number of anilines is 2. The molecular formula is C22H21FN2O2. The summed E-state index contributed by atoms with van der Waals surface area (Å²) in [6.45, 7) is 2.54. The van der Waals surface area contributed by atoms with Gasteiger partial charge in [0.15, 0.2) is 6.61 Å². The normalized spacial score (nSPS) is 10.3. The first-order valence-electron chi connectivity index (χ1n) is 8.66. The van der Waals surface area contributed by atoms with Crippen molar-refractivity contribution >= 4 is 17.3 Å². The highest BCUT2D eigenvalue weighted by atomic mass is 19.1. The number of benzene rings is 3. The summed E-state index contributed by atoms with van der Waals surface area (Å²) in [7, 11) is 0. The fourth-order valence-electron chi connectivity index (χ4n) is 2.46. The third-order valence-electron chi connectivity index (χ3n) is 3.97. The zero-order chi connectivity index (χ0) is 19.1. The monoisotopic (exact) mass is 364 g/mol. The maximum absolute atomic E-state index is 12.9. The Labute approximate surface area is 158 Å². The summed E-state index contributed by atoms with van der Waals surface area (Å²) in [6, 6.07) is 21.3. The quantitative estimate of drug-likeness (QED) is 0.635. The lowest BCUT2D eigenvalue weighted by Crippen LogP contribution is -2.20. The predicted molar refractivity (Wildman–Crippen MR) is 105 cm³/mol. The molecule has 0 bridgehead atoms. The SMILES string of the molecule is Cc1ccc(OCC(=O)Nc2ccc(NCc3ccc(F)cc3)cc2)cc1. The van der Waals surface area contributed by atoms with Crippen LogP contribution in [0.25, 0.3) is 0 Å². The Morgan fingerprint density at radius 1 is 0.889 bits per heavy atom. The second kappa shape index (κ2) is 8.85. The minimum Gasteiger partial charge on any atom is -0.484 e. The van der Waals surface area contributed by atoms with Crippen LogP contribution in [0.3, 0.4) is 0 Å². The minimum absolute atomic E-state index is 0.0480. The summed E-state index contributed by atoms with van der Waals surface area (Å²) in [5, 5.41) is 6.05. The number of hydrogen-bond acceptors (Lipinski definition) is 3. The lowest BCUT2D eigenvalue weighted by atomic mass is 10.2. The van der Waals surface area contributed by atoms with E-state index in [0.717, 1.165) is 16.8 Å². The molecule has 3 aromatic rings. The smallest absolute Gasteiger partial charge is 0.262 e. The number of nitrogens with one attached hydrogen (secondary N) is 2. The van der Waals surface area contributed by atoms with Crippen molar-refractivity contribution in [3.8, 4) is 5.75 Å². The van der Waals surface area contributed by atoms with Gasteiger partial charge in [-0.15, -0.1) is 0 Å². The average molecular weight is 364 g/mol. The van der Waals surface area contributed by atoms with Gasteiger partial charge in [0.2, 0.25) is 0 Å². The number of aryl methyl sites for hydroxylation is 1. The summed E-state index contributed by atoms with van der Waals surface area (Å²) in [6.07, 6.45) is 0. The molecule has 27 heavy (non-hydrogen) atoms. The van der Waals surface area contributed by atoms with Gasteiger partial charge in [0, 0.05) is 17.9 Å². The molecule has 0 aliphatic carbocycles. The first-order chi connectivity index (χ1) is 13.1. The zero-order valence-corrected chi connectivity index (χ0v) is 15.0. The molecule has 1 amide bonds. The van der Waals surface area contributed by atoms with Crippen molar-refractivity contribution in [2.75, 3.05) is 17.2 Å². The van der Waals surface area contributed by atoms with E-state index in [4.69, 9.17) is 4.74 Å². The lowest BCUT2D eigenvalue weighted by molar-refractivity contribution is -0.118. The Kier molecular flexibility index (Phi) is 6.05. The molecule has 0 aliphatic rings. The fraction of sp³-hybridized carbons (Fsp3) is 0.136. The van der Waals surface area contributed by atoms with E-state index in [-0.39, 0.29) is 18.3 Å². The third-order valence-corrected chi connectivity index (χ3v) is 3.97. The van der Waals surface area contributed by atoms with Crippen LogP contribution in [0.15, 0.2) is 72.8 Å². The van der Waals surface area contributed by atoms with Crippen molar-refractivity contribution in [1.82, 2.24) is 0 Å². The molecule has 0 aromatic heterocycles. The highest BCUT2D eigenvalue weighted by Crippen LogP contribution is 2.15. The highest BCUT2D eigenvalue weighted by Gasteiger charge is 2.04. The van der Waals surface area contributed by atoms with E-state index in [1.54, 1.807) is 12.1 Å². The molecule has 0 saturated heterocycles. The fourth-order valence-corrected chi connectivity index (χ4v) is 2.46. The van der Waals surface area contributed by atoms with Crippen LogP contribution in [0.5, 0.6) is 5.75 Å². The largest absolute Gasteiger partial charge is 0.484 e. The summed E-state index contributed by atoms with van der Waals surface area (Å²) >= 11 is 0. The molecule has 0 fully saturated rings. The van der Waals surface area contributed by atoms with E-state index < -0.39 is 0 Å². The summed E-state index contributed by atoms with van der Waals surface area (Å²) in [5.41, 5.74) is 3.73. The molecule has 0 aliphatic heterocycles. The van der Waals surface area contributed by atoms with E-state index in [9.17, 15) is 9.18 Å². The van der Waals surface area contributed by atoms with Gasteiger partial charge in [-0.25, -0.2) is 4.39 Å². The summed E-state index contributed by atoms with van der Waals surface area (Å²) < 4.78 is 18.4. The molecule has 3 rings (SSSR count). The van der Waals surface area contributed by atoms with Crippen molar-refractivity contribution < 1.29 is 13.9 Å². The first-order valence-corrected chi connectivity index (χ1v) is 8.66. The van der Waals surface area contributed by atoms with E-state index in [1.165, 1.54) is 12.1 Å². The van der Waals surface area contributed by atoms with Gasteiger partial charge in [-0.3, -0.25) is 4.79 Å². The van der Waals surface area contributed by atoms with Crippen LogP contribution in [-0.2, 0) is 11.3 Å². The number of halogens is 1. The first kappa shape index (κ1) is 18.5. The van der Waals surface area contributed by atoms with Crippen LogP contribution in [0.1, 0.15) is 11.1 Å². The Balaban J connectivity index is 1.45. The van der Waals surface area contributed by atoms with Crippen LogP contribution in [0, 0.1) is 12.7 Å². The molecule has 0 unspecified atom stereocenters. The van der Waals surface area contributed by atoms with E-state index in [0.29, 0.717) is 18.0 Å². The summed E-state index contributed by atoms with van der Waals surface area (Å²) in [4.78, 5) is 12.0. The van der Waals surface area contributed by atoms with Gasteiger partial charge in [-0.2, -0.15) is 0 Å². The van der Waals surface area contributed by atoms with Crippen molar-refractivity contribution in [3.63, 3.8) is 0 Å². The van der Waals surface area contributed by atoms with Gasteiger partial charge in [-0.1, -0.05) is 29.8 Å². The van der Waals surface area contributed by atoms with Crippen LogP contribution in [0.2, 0.25) is 0 Å². The molecule has 4 nitrogen and oxygen atoms in total. The van der Waals surface area contributed by atoms with Crippen molar-refractivity contribution in [1.29, 1.82) is 0 Å². The maximum Gasteiger partial charge on any atom is 0.262 e. The van der Waals surface area contributed by atoms with E-state index >= 15 is 0 Å². The van der Waals surface area contributed by atoms with Crippen molar-refractivity contribution in [3.05, 3.63) is 89.7 Å². The molecule has 3 aromatic carbocycles.